The predicted octanol–water partition coefficient (Wildman–Crippen LogP) is 4.67. The average Bonchev–Trinajstić information content (AvgIpc) is 3.83. The fourth-order valence-corrected chi connectivity index (χ4v) is 4.33. The number of carbonyl (C=O) groups is 3. The normalized spacial score (nSPS) is 16.7. The number of nitrogens with one attached hydrogen (secondary N) is 2. The van der Waals surface area contributed by atoms with E-state index in [0.717, 1.165) is 24.3 Å². The van der Waals surface area contributed by atoms with Gasteiger partial charge in [-0.2, -0.15) is 39.5 Å². The number of rotatable bonds is 9. The molecule has 10 nitrogen and oxygen atoms in total. The molecule has 0 bridgehead atoms. The summed E-state index contributed by atoms with van der Waals surface area (Å²) in [5, 5.41) is -0.623. The van der Waals surface area contributed by atoms with Gasteiger partial charge in [-0.15, -0.1) is 0 Å². The van der Waals surface area contributed by atoms with E-state index >= 15 is 0 Å². The van der Waals surface area contributed by atoms with E-state index in [1.54, 1.807) is 13.8 Å². The van der Waals surface area contributed by atoms with E-state index in [1.807, 2.05) is 0 Å². The molecule has 4 heterocycles. The van der Waals surface area contributed by atoms with Crippen molar-refractivity contribution in [3.63, 3.8) is 0 Å². The highest BCUT2D eigenvalue weighted by Gasteiger charge is 2.34. The number of aromatic amines is 2. The maximum atomic E-state index is 13.1. The lowest BCUT2D eigenvalue weighted by Gasteiger charge is -2.11. The number of aliphatic imine (C=N–C) groups is 2. The van der Waals surface area contributed by atoms with Gasteiger partial charge >= 0.3 is 36.4 Å². The second-order valence-corrected chi connectivity index (χ2v) is 10.5. The number of hydrogen-bond acceptors (Lipinski definition) is 8. The van der Waals surface area contributed by atoms with Crippen LogP contribution in [0.3, 0.4) is 0 Å². The van der Waals surface area contributed by atoms with Gasteiger partial charge in [0.15, 0.2) is 19.8 Å². The van der Waals surface area contributed by atoms with Crippen molar-refractivity contribution in [1.82, 2.24) is 9.97 Å². The average molecular weight is 719 g/mol. The quantitative estimate of drug-likeness (QED) is 0.168. The van der Waals surface area contributed by atoms with E-state index in [2.05, 4.69) is 34.2 Å². The van der Waals surface area contributed by atoms with Gasteiger partial charge in [-0.05, 0) is 62.4 Å². The van der Waals surface area contributed by atoms with Crippen LogP contribution in [-0.4, -0.2) is 78.2 Å². The van der Waals surface area contributed by atoms with E-state index < -0.39 is 73.0 Å². The van der Waals surface area contributed by atoms with E-state index in [-0.39, 0.29) is 33.5 Å². The van der Waals surface area contributed by atoms with Crippen molar-refractivity contribution in [2.24, 2.45) is 9.98 Å². The molecule has 2 N–H and O–H groups in total. The van der Waals surface area contributed by atoms with Crippen molar-refractivity contribution in [3.05, 3.63) is 87.6 Å². The first-order valence-corrected chi connectivity index (χ1v) is 14.0. The molecule has 0 aromatic carbocycles. The number of ether oxygens (including phenoxy) is 3. The molecule has 2 aliphatic rings. The van der Waals surface area contributed by atoms with E-state index in [1.165, 1.54) is 30.5 Å². The maximum absolute atomic E-state index is 13.1. The van der Waals surface area contributed by atoms with Crippen LogP contribution < -0.4 is 10.7 Å². The fraction of sp³-hybridized carbons (Fsp3) is 0.258. The lowest BCUT2D eigenvalue weighted by Crippen LogP contribution is -2.29. The van der Waals surface area contributed by atoms with Gasteiger partial charge in [-0.25, -0.2) is 19.4 Å². The third kappa shape index (κ3) is 9.73. The number of halogens is 9. The second kappa shape index (κ2) is 14.5. The molecule has 0 amide bonds. The molecule has 2 aliphatic heterocycles. The Kier molecular flexibility index (Phi) is 10.8. The summed E-state index contributed by atoms with van der Waals surface area (Å²) in [5.41, 5.74) is -1.64. The van der Waals surface area contributed by atoms with Gasteiger partial charge in [0.25, 0.3) is 0 Å². The summed E-state index contributed by atoms with van der Waals surface area (Å²) in [6.45, 7) is -2.64. The third-order valence-corrected chi connectivity index (χ3v) is 6.38. The summed E-state index contributed by atoms with van der Waals surface area (Å²) in [6, 6.07) is 4.36. The zero-order valence-electron chi connectivity index (χ0n) is 25.6. The minimum Gasteiger partial charge on any atom is -0.452 e. The number of carbonyl (C=O) groups excluding carboxylic acids is 3. The van der Waals surface area contributed by atoms with Gasteiger partial charge in [-0.1, -0.05) is 5.57 Å². The van der Waals surface area contributed by atoms with E-state index in [4.69, 9.17) is 0 Å². The zero-order chi connectivity index (χ0) is 37.0. The van der Waals surface area contributed by atoms with Crippen LogP contribution >= 0.6 is 0 Å². The summed E-state index contributed by atoms with van der Waals surface area (Å²) in [6.07, 6.45) is -8.19. The first-order chi connectivity index (χ1) is 23.2. The predicted molar refractivity (Wildman–Crippen MR) is 157 cm³/mol. The van der Waals surface area contributed by atoms with E-state index in [9.17, 15) is 53.9 Å². The molecule has 2 aromatic rings. The first kappa shape index (κ1) is 37.2. The van der Waals surface area contributed by atoms with Crippen LogP contribution in [0.1, 0.15) is 25.2 Å². The molecule has 2 aromatic heterocycles. The zero-order valence-corrected chi connectivity index (χ0v) is 25.6. The Balaban J connectivity index is 1.91. The van der Waals surface area contributed by atoms with Crippen LogP contribution in [0.5, 0.6) is 0 Å². The minimum absolute atomic E-state index is 0.149. The topological polar surface area (TPSA) is 135 Å². The molecule has 4 rings (SSSR count). The van der Waals surface area contributed by atoms with Crippen molar-refractivity contribution < 1.29 is 68.1 Å². The molecule has 0 radical (unpaired) electrons. The molecule has 0 fully saturated rings. The minimum atomic E-state index is -4.98. The van der Waals surface area contributed by atoms with Gasteiger partial charge in [0, 0.05) is 6.21 Å². The van der Waals surface area contributed by atoms with Crippen LogP contribution in [0.4, 0.5) is 39.5 Å². The number of esters is 3. The molecule has 0 atom stereocenters. The van der Waals surface area contributed by atoms with Crippen LogP contribution in [0.25, 0.3) is 16.7 Å². The number of allylic oxidation sites excluding steroid dienone is 5. The third-order valence-electron chi connectivity index (χ3n) is 6.38. The highest BCUT2D eigenvalue weighted by Crippen LogP contribution is 2.27. The van der Waals surface area contributed by atoms with E-state index in [0.29, 0.717) is 11.3 Å². The summed E-state index contributed by atoms with van der Waals surface area (Å²) < 4.78 is 129. The molecule has 0 saturated heterocycles. The summed E-state index contributed by atoms with van der Waals surface area (Å²) >= 11 is 0. The highest BCUT2D eigenvalue weighted by molar-refractivity contribution is 6.44. The number of nitrogens with zero attached hydrogens (tertiary/aromatic N) is 2. The van der Waals surface area contributed by atoms with Crippen LogP contribution in [-0.2, 0) is 28.6 Å². The number of H-pyrrole nitrogens is 2. The van der Waals surface area contributed by atoms with Crippen molar-refractivity contribution in [1.29, 1.82) is 0 Å². The first-order valence-electron chi connectivity index (χ1n) is 14.0. The van der Waals surface area contributed by atoms with Crippen molar-refractivity contribution in [2.45, 2.75) is 32.4 Å². The summed E-state index contributed by atoms with van der Waals surface area (Å²) in [4.78, 5) is 52.1. The molecule has 0 unspecified atom stereocenters. The lowest BCUT2D eigenvalue weighted by molar-refractivity contribution is -0.182. The van der Waals surface area contributed by atoms with Crippen LogP contribution in [0, 0.1) is 0 Å². The Hall–Kier alpha value is -5.62. The van der Waals surface area contributed by atoms with Crippen molar-refractivity contribution >= 4 is 46.6 Å². The Morgan fingerprint density at radius 3 is 1.56 bits per heavy atom. The molecule has 0 aliphatic carbocycles. The number of alkyl halides is 9. The Morgan fingerprint density at radius 1 is 0.620 bits per heavy atom. The lowest BCUT2D eigenvalue weighted by atomic mass is 10.1. The Morgan fingerprint density at radius 2 is 1.10 bits per heavy atom. The standard InChI is InChI=1S/C31H23F9N4O6/c1-15(2)16-5-6-19(42-16)24(27(46)49-13-30(35,36)37)20-9-10-22(44-20)25(28(47)50-14-31(38,39)40)21-8-7-18(43-21)23(17-4-3-11-41-17)26(45)48-12-29(32,33)34/h3-11,43-44H,12-14H2,1-2H3. The maximum Gasteiger partial charge on any atom is 0.422 e. The molecular weight excluding hydrogens is 695 g/mol. The highest BCUT2D eigenvalue weighted by atomic mass is 19.4. The molecule has 0 saturated carbocycles. The smallest absolute Gasteiger partial charge is 0.422 e. The van der Waals surface area contributed by atoms with Gasteiger partial charge < -0.3 is 24.2 Å². The van der Waals surface area contributed by atoms with Crippen LogP contribution in [0.15, 0.2) is 75.5 Å². The SMILES string of the molecule is CC(C)=C1C=CC(C(C(=O)OCC(F)(F)F)=c2ccc(=C(C(=O)OCC(F)(F)F)c3ccc(C(C(=O)OCC(F)(F)F)=C4C=CC=N4)[nH]3)[nH]2)=N1. The van der Waals surface area contributed by atoms with Gasteiger partial charge in [0.05, 0.1) is 39.2 Å². The van der Waals surface area contributed by atoms with Gasteiger partial charge in [0.1, 0.15) is 16.7 Å². The molecule has 0 spiro atoms. The second-order valence-electron chi connectivity index (χ2n) is 10.5. The largest absolute Gasteiger partial charge is 0.452 e. The molecule has 266 valence electrons. The molecular formula is C31H23F9N4O6. The van der Waals surface area contributed by atoms with Gasteiger partial charge in [0.2, 0.25) is 0 Å². The number of aromatic nitrogens is 2. The Bertz CT molecular complexity index is 1980. The molecule has 19 heteroatoms. The van der Waals surface area contributed by atoms with Crippen molar-refractivity contribution in [3.8, 4) is 0 Å². The fourth-order valence-electron chi connectivity index (χ4n) is 4.33. The summed E-state index contributed by atoms with van der Waals surface area (Å²) in [7, 11) is 0. The van der Waals surface area contributed by atoms with Gasteiger partial charge in [-0.3, -0.25) is 4.99 Å². The monoisotopic (exact) mass is 718 g/mol. The molecule has 50 heavy (non-hydrogen) atoms. The van der Waals surface area contributed by atoms with Crippen molar-refractivity contribution in [2.75, 3.05) is 19.8 Å². The summed E-state index contributed by atoms with van der Waals surface area (Å²) in [5.74, 6) is -4.59. The Labute approximate surface area is 274 Å². The number of hydrogen-bond donors (Lipinski definition) is 2. The van der Waals surface area contributed by atoms with Crippen LogP contribution in [0.2, 0.25) is 0 Å².